The number of aromatic amines is 1. The van der Waals surface area contributed by atoms with E-state index >= 15 is 4.79 Å². The number of carbonyl (C=O) groups excluding carboxylic acids is 3. The summed E-state index contributed by atoms with van der Waals surface area (Å²) in [5.41, 5.74) is -4.03. The Balaban J connectivity index is 1.21. The fraction of sp³-hybridized carbons (Fsp3) is 0.636. The molecule has 2 bridgehead atoms. The molecule has 316 valence electrons. The molecule has 1 saturated carbocycles. The lowest BCUT2D eigenvalue weighted by Gasteiger charge is -2.55. The fourth-order valence-corrected chi connectivity index (χ4v) is 11.8. The maximum Gasteiger partial charge on any atom is 0.346 e. The number of ketones is 1. The average molecular weight is 844 g/mol. The van der Waals surface area contributed by atoms with Crippen molar-refractivity contribution in [1.82, 2.24) is 10.3 Å². The lowest BCUT2D eigenvalue weighted by atomic mass is 9.50. The number of carboxylic acid groups (broad SMARTS) is 1. The Morgan fingerprint density at radius 2 is 1.86 bits per heavy atom. The van der Waals surface area contributed by atoms with Crippen LogP contribution in [0, 0.1) is 40.4 Å². The number of hydrogen-bond donors (Lipinski definition) is 5. The molecule has 0 aromatic carbocycles. The van der Waals surface area contributed by atoms with E-state index in [4.69, 9.17) is 37.4 Å². The SMILES string of the molecule is CC[C@H]1C[C@]23OC(=O)/C(=C(/O)[C@]4(CC)[C@@H](C=C[C@H]5[C@@H](O[C@H]6C[C@@H](O)[C@H](NC(=O)c7[nH]c(Cl)cc7Cl)[C@@H](C)O6)[C@@H](C)CC[C@@H]54)CCCC/C=C/[C@@]2(C)C=C1C(=O)O)C3=O. The third-order valence-corrected chi connectivity index (χ3v) is 15.0. The summed E-state index contributed by atoms with van der Waals surface area (Å²) < 4.78 is 19.3. The summed E-state index contributed by atoms with van der Waals surface area (Å²) in [6, 6.07) is 0.674. The molecule has 4 aliphatic carbocycles. The number of ether oxygens (including phenoxy) is 3. The first-order valence-corrected chi connectivity index (χ1v) is 21.6. The molecular formula is C44H56Cl2N2O10. The average Bonchev–Trinajstić information content (AvgIpc) is 3.65. The number of carboxylic acids is 1. The van der Waals surface area contributed by atoms with Crippen LogP contribution in [-0.4, -0.2) is 80.2 Å². The molecule has 12 nitrogen and oxygen atoms in total. The van der Waals surface area contributed by atoms with Gasteiger partial charge in [-0.1, -0.05) is 80.8 Å². The van der Waals surface area contributed by atoms with Gasteiger partial charge in [0.25, 0.3) is 5.91 Å². The maximum absolute atomic E-state index is 15.1. The molecule has 2 aliphatic heterocycles. The summed E-state index contributed by atoms with van der Waals surface area (Å²) in [6.07, 6.45) is 12.3. The Morgan fingerprint density at radius 3 is 2.52 bits per heavy atom. The van der Waals surface area contributed by atoms with Crippen molar-refractivity contribution in [2.45, 2.75) is 135 Å². The number of aliphatic carboxylic acids is 1. The van der Waals surface area contributed by atoms with E-state index in [1.807, 2.05) is 26.0 Å². The molecule has 1 aromatic heterocycles. The molecule has 3 fully saturated rings. The van der Waals surface area contributed by atoms with E-state index in [1.54, 1.807) is 19.9 Å². The number of aliphatic hydroxyl groups excluding tert-OH is 2. The number of amides is 1. The van der Waals surface area contributed by atoms with Crippen molar-refractivity contribution in [1.29, 1.82) is 0 Å². The second-order valence-corrected chi connectivity index (χ2v) is 18.4. The summed E-state index contributed by atoms with van der Waals surface area (Å²) in [5.74, 6) is -4.44. The third kappa shape index (κ3) is 6.98. The molecule has 1 amide bonds. The van der Waals surface area contributed by atoms with Gasteiger partial charge in [0.1, 0.15) is 22.2 Å². The molecule has 13 atom stereocenters. The molecule has 7 rings (SSSR count). The lowest BCUT2D eigenvalue weighted by Crippen LogP contribution is -2.58. The lowest BCUT2D eigenvalue weighted by molar-refractivity contribution is -0.258. The van der Waals surface area contributed by atoms with Crippen LogP contribution in [0.3, 0.4) is 0 Å². The summed E-state index contributed by atoms with van der Waals surface area (Å²) >= 11 is 12.2. The molecule has 14 heteroatoms. The highest BCUT2D eigenvalue weighted by Crippen LogP contribution is 2.61. The van der Waals surface area contributed by atoms with Crippen LogP contribution in [0.15, 0.2) is 53.4 Å². The Hall–Kier alpha value is -3.42. The topological polar surface area (TPSA) is 184 Å². The van der Waals surface area contributed by atoms with Gasteiger partial charge in [-0.05, 0) is 88.5 Å². The van der Waals surface area contributed by atoms with E-state index in [0.717, 1.165) is 25.7 Å². The van der Waals surface area contributed by atoms with E-state index in [2.05, 4.69) is 29.4 Å². The number of rotatable bonds is 7. The quantitative estimate of drug-likeness (QED) is 0.103. The highest BCUT2D eigenvalue weighted by atomic mass is 35.5. The normalized spacial score (nSPS) is 42.0. The zero-order chi connectivity index (χ0) is 41.9. The van der Waals surface area contributed by atoms with Crippen LogP contribution < -0.4 is 5.32 Å². The Morgan fingerprint density at radius 1 is 1.10 bits per heavy atom. The predicted molar refractivity (Wildman–Crippen MR) is 216 cm³/mol. The maximum atomic E-state index is 15.1. The molecule has 0 radical (unpaired) electrons. The fourth-order valence-electron chi connectivity index (χ4n) is 11.3. The van der Waals surface area contributed by atoms with Gasteiger partial charge in [0.2, 0.25) is 5.78 Å². The summed E-state index contributed by atoms with van der Waals surface area (Å²) in [5, 5.41) is 37.5. The second kappa shape index (κ2) is 16.2. The molecule has 0 unspecified atom stereocenters. The van der Waals surface area contributed by atoms with Crippen molar-refractivity contribution < 1.29 is 48.7 Å². The van der Waals surface area contributed by atoms with Gasteiger partial charge < -0.3 is 39.8 Å². The highest BCUT2D eigenvalue weighted by molar-refractivity contribution is 6.36. The standard InChI is InChI=1S/C44H56Cl2N2O10/c1-6-24-20-44-38(51)33(41(55)58-44)37(50)43(7-2)25(12-10-8-9-11-17-42(44,5)21-27(24)40(53)54)14-15-26-28(43)16-13-22(3)36(26)57-32-19-30(49)34(23(4)56-32)48-39(52)35-29(45)18-31(46)47-35/h11,14-15,17-18,21-26,28,30,32,34,36,47,49-50H,6-10,12-13,16,19-20H2,1-5H3,(H,48,52)(H,53,54)/b17-11+,37-33+/t22-,23+,24-,25+,26+,28-,30+,32-,34+,36-,42-,43+,44+/m0/s1. The number of hydrogen-bond acceptors (Lipinski definition) is 9. The van der Waals surface area contributed by atoms with E-state index in [-0.39, 0.29) is 69.3 Å². The number of aliphatic hydroxyl groups is 2. The zero-order valence-electron chi connectivity index (χ0n) is 33.8. The van der Waals surface area contributed by atoms with Gasteiger partial charge in [-0.2, -0.15) is 0 Å². The molecule has 1 aromatic rings. The van der Waals surface area contributed by atoms with Gasteiger partial charge in [0, 0.05) is 29.7 Å². The molecular weight excluding hydrogens is 787 g/mol. The van der Waals surface area contributed by atoms with Gasteiger partial charge in [0.15, 0.2) is 11.9 Å². The number of fused-ring (bicyclic) bond motifs is 4. The van der Waals surface area contributed by atoms with E-state index in [1.165, 1.54) is 6.07 Å². The molecule has 3 heterocycles. The smallest absolute Gasteiger partial charge is 0.346 e. The second-order valence-electron chi connectivity index (χ2n) is 17.6. The first-order chi connectivity index (χ1) is 27.5. The highest BCUT2D eigenvalue weighted by Gasteiger charge is 2.67. The Kier molecular flexibility index (Phi) is 11.9. The first-order valence-electron chi connectivity index (χ1n) is 20.9. The number of esters is 1. The van der Waals surface area contributed by atoms with Gasteiger partial charge in [-0.15, -0.1) is 0 Å². The largest absolute Gasteiger partial charge is 0.511 e. The van der Waals surface area contributed by atoms with Crippen LogP contribution in [0.5, 0.6) is 0 Å². The van der Waals surface area contributed by atoms with Gasteiger partial charge in [-0.3, -0.25) is 9.59 Å². The molecule has 5 N–H and O–H groups in total. The third-order valence-electron chi connectivity index (χ3n) is 14.5. The van der Waals surface area contributed by atoms with Crippen molar-refractivity contribution in [2.75, 3.05) is 0 Å². The molecule has 1 spiro atoms. The van der Waals surface area contributed by atoms with Crippen LogP contribution in [0.4, 0.5) is 0 Å². The number of Topliss-reactive ketones (excluding diaryl/α,β-unsaturated/α-hetero) is 1. The number of nitrogens with one attached hydrogen (secondary N) is 2. The Labute approximate surface area is 349 Å². The van der Waals surface area contributed by atoms with Crippen LogP contribution in [0.25, 0.3) is 0 Å². The van der Waals surface area contributed by atoms with E-state index in [9.17, 15) is 29.7 Å². The van der Waals surface area contributed by atoms with Crippen LogP contribution >= 0.6 is 23.2 Å². The van der Waals surface area contributed by atoms with Crippen LogP contribution in [0.2, 0.25) is 10.2 Å². The van der Waals surface area contributed by atoms with E-state index < -0.39 is 76.6 Å². The van der Waals surface area contributed by atoms with Gasteiger partial charge >= 0.3 is 11.9 Å². The number of H-pyrrole nitrogens is 1. The van der Waals surface area contributed by atoms with Gasteiger partial charge in [0.05, 0.1) is 34.8 Å². The van der Waals surface area contributed by atoms with Crippen LogP contribution in [-0.2, 0) is 28.6 Å². The number of halogens is 2. The number of allylic oxidation sites excluding steroid dienone is 3. The minimum Gasteiger partial charge on any atom is -0.511 e. The minimum atomic E-state index is -1.72. The van der Waals surface area contributed by atoms with E-state index in [0.29, 0.717) is 25.7 Å². The Bertz CT molecular complexity index is 1940. The minimum absolute atomic E-state index is 0.00395. The molecule has 6 aliphatic rings. The van der Waals surface area contributed by atoms with Crippen LogP contribution in [0.1, 0.15) is 109 Å². The van der Waals surface area contributed by atoms with Crippen molar-refractivity contribution in [3.05, 3.63) is 69.2 Å². The zero-order valence-corrected chi connectivity index (χ0v) is 35.3. The number of carbonyl (C=O) groups is 4. The monoisotopic (exact) mass is 842 g/mol. The number of aromatic nitrogens is 1. The van der Waals surface area contributed by atoms with Crippen molar-refractivity contribution >= 4 is 46.8 Å². The van der Waals surface area contributed by atoms with Crippen molar-refractivity contribution in [3.63, 3.8) is 0 Å². The van der Waals surface area contributed by atoms with Crippen molar-refractivity contribution in [2.24, 2.45) is 40.4 Å². The first kappa shape index (κ1) is 42.7. The predicted octanol–water partition coefficient (Wildman–Crippen LogP) is 7.80. The summed E-state index contributed by atoms with van der Waals surface area (Å²) in [4.78, 5) is 57.5. The van der Waals surface area contributed by atoms with Crippen molar-refractivity contribution in [3.8, 4) is 0 Å². The van der Waals surface area contributed by atoms with Gasteiger partial charge in [-0.25, -0.2) is 9.59 Å². The summed E-state index contributed by atoms with van der Waals surface area (Å²) in [7, 11) is 0. The molecule has 2 saturated heterocycles. The summed E-state index contributed by atoms with van der Waals surface area (Å²) in [6.45, 7) is 9.47. The molecule has 58 heavy (non-hydrogen) atoms.